The fraction of sp³-hybridized carbons (Fsp3) is 0.350. The average Bonchev–Trinajstić information content (AvgIpc) is 2.65. The summed E-state index contributed by atoms with van der Waals surface area (Å²) >= 11 is 0. The number of aliphatic hydroxyl groups is 1. The van der Waals surface area contributed by atoms with Gasteiger partial charge in [0.25, 0.3) is 5.91 Å². The lowest BCUT2D eigenvalue weighted by atomic mass is 9.80. The maximum absolute atomic E-state index is 12.0. The second kappa shape index (κ2) is 7.57. The summed E-state index contributed by atoms with van der Waals surface area (Å²) < 4.78 is 10.6. The third-order valence-electron chi connectivity index (χ3n) is 4.52. The lowest BCUT2D eigenvalue weighted by Gasteiger charge is -2.33. The highest BCUT2D eigenvalue weighted by molar-refractivity contribution is 5.77. The summed E-state index contributed by atoms with van der Waals surface area (Å²) in [6.07, 6.45) is 2.02. The van der Waals surface area contributed by atoms with E-state index < -0.39 is 5.60 Å². The van der Waals surface area contributed by atoms with Gasteiger partial charge in [-0.25, -0.2) is 0 Å². The van der Waals surface area contributed by atoms with Gasteiger partial charge in [-0.3, -0.25) is 4.79 Å². The van der Waals surface area contributed by atoms with Gasteiger partial charge in [0.2, 0.25) is 0 Å². The van der Waals surface area contributed by atoms with Crippen LogP contribution in [0.15, 0.2) is 48.5 Å². The van der Waals surface area contributed by atoms with Crippen molar-refractivity contribution in [2.24, 2.45) is 0 Å². The van der Waals surface area contributed by atoms with Crippen molar-refractivity contribution in [3.05, 3.63) is 59.7 Å². The summed E-state index contributed by atoms with van der Waals surface area (Å²) in [6, 6.07) is 15.2. The van der Waals surface area contributed by atoms with Crippen molar-refractivity contribution in [1.29, 1.82) is 0 Å². The molecule has 1 amide bonds. The lowest BCUT2D eigenvalue weighted by Crippen LogP contribution is -2.47. The molecule has 0 radical (unpaired) electrons. The molecular formula is C20H23NO4. The molecule has 2 N–H and O–H groups in total. The van der Waals surface area contributed by atoms with Crippen LogP contribution in [0, 0.1) is 0 Å². The van der Waals surface area contributed by atoms with Gasteiger partial charge in [-0.05, 0) is 36.1 Å². The van der Waals surface area contributed by atoms with E-state index in [9.17, 15) is 9.90 Å². The van der Waals surface area contributed by atoms with Crippen LogP contribution >= 0.6 is 0 Å². The summed E-state index contributed by atoms with van der Waals surface area (Å²) in [4.78, 5) is 12.0. The topological polar surface area (TPSA) is 67.8 Å². The molecule has 1 aliphatic rings. The van der Waals surface area contributed by atoms with Crippen LogP contribution in [0.3, 0.4) is 0 Å². The van der Waals surface area contributed by atoms with Gasteiger partial charge in [0.05, 0.1) is 12.7 Å². The number of fused-ring (bicyclic) bond motifs is 1. The van der Waals surface area contributed by atoms with E-state index in [-0.39, 0.29) is 19.1 Å². The Balaban J connectivity index is 1.49. The number of methoxy groups -OCH3 is 1. The fourth-order valence-electron chi connectivity index (χ4n) is 3.09. The molecule has 0 fully saturated rings. The van der Waals surface area contributed by atoms with E-state index in [1.165, 1.54) is 5.56 Å². The molecule has 0 aromatic heterocycles. The quantitative estimate of drug-likeness (QED) is 0.844. The third kappa shape index (κ3) is 4.51. The summed E-state index contributed by atoms with van der Waals surface area (Å²) in [5, 5.41) is 13.5. The van der Waals surface area contributed by atoms with E-state index in [1.807, 2.05) is 24.3 Å². The first-order chi connectivity index (χ1) is 12.1. The van der Waals surface area contributed by atoms with Crippen molar-refractivity contribution in [3.63, 3.8) is 0 Å². The van der Waals surface area contributed by atoms with Crippen molar-refractivity contribution in [2.75, 3.05) is 20.3 Å². The fourth-order valence-corrected chi connectivity index (χ4v) is 3.09. The zero-order valence-electron chi connectivity index (χ0n) is 14.3. The summed E-state index contributed by atoms with van der Waals surface area (Å²) in [7, 11) is 1.58. The van der Waals surface area contributed by atoms with E-state index in [0.29, 0.717) is 24.3 Å². The van der Waals surface area contributed by atoms with Gasteiger partial charge in [-0.2, -0.15) is 0 Å². The smallest absolute Gasteiger partial charge is 0.258 e. The third-order valence-corrected chi connectivity index (χ3v) is 4.52. The van der Waals surface area contributed by atoms with Crippen LogP contribution in [0.25, 0.3) is 0 Å². The normalized spacial score (nSPS) is 19.0. The molecule has 1 atom stereocenters. The van der Waals surface area contributed by atoms with Gasteiger partial charge in [0.1, 0.15) is 11.5 Å². The van der Waals surface area contributed by atoms with Crippen LogP contribution in [0.5, 0.6) is 11.5 Å². The number of carbonyl (C=O) groups is 1. The minimum Gasteiger partial charge on any atom is -0.497 e. The highest BCUT2D eigenvalue weighted by Crippen LogP contribution is 2.28. The Kier molecular flexibility index (Phi) is 5.24. The summed E-state index contributed by atoms with van der Waals surface area (Å²) in [5.74, 6) is 0.989. The van der Waals surface area contributed by atoms with Gasteiger partial charge in [-0.1, -0.05) is 30.3 Å². The first kappa shape index (κ1) is 17.3. The minimum atomic E-state index is -0.903. The molecule has 3 rings (SSSR count). The molecule has 1 unspecified atom stereocenters. The Hall–Kier alpha value is -2.53. The number of benzene rings is 2. The molecule has 2 aromatic rings. The molecule has 0 spiro atoms. The van der Waals surface area contributed by atoms with Crippen LogP contribution < -0.4 is 14.8 Å². The standard InChI is InChI=1S/C20H23NO4/c1-24-17-7-4-8-18(11-17)25-13-19(22)21-14-20(23)10-9-15-5-2-3-6-16(15)12-20/h2-8,11,23H,9-10,12-14H2,1H3,(H,21,22). The Labute approximate surface area is 147 Å². The SMILES string of the molecule is COc1cccc(OCC(=O)NCC2(O)CCc3ccccc3C2)c1. The largest absolute Gasteiger partial charge is 0.497 e. The highest BCUT2D eigenvalue weighted by Gasteiger charge is 2.32. The van der Waals surface area contributed by atoms with Crippen molar-refractivity contribution < 1.29 is 19.4 Å². The molecule has 1 aliphatic carbocycles. The number of aryl methyl sites for hydroxylation is 1. The Bertz CT molecular complexity index is 746. The maximum atomic E-state index is 12.0. The van der Waals surface area contributed by atoms with E-state index >= 15 is 0 Å². The molecular weight excluding hydrogens is 318 g/mol. The number of ether oxygens (including phenoxy) is 2. The second-order valence-corrected chi connectivity index (χ2v) is 6.41. The number of hydrogen-bond donors (Lipinski definition) is 2. The van der Waals surface area contributed by atoms with Gasteiger partial charge in [0, 0.05) is 19.0 Å². The predicted molar refractivity (Wildman–Crippen MR) is 94.9 cm³/mol. The minimum absolute atomic E-state index is 0.0974. The summed E-state index contributed by atoms with van der Waals surface area (Å²) in [6.45, 7) is 0.126. The molecule has 0 aliphatic heterocycles. The molecule has 25 heavy (non-hydrogen) atoms. The van der Waals surface area contributed by atoms with Gasteiger partial charge < -0.3 is 19.9 Å². The van der Waals surface area contributed by atoms with E-state index in [4.69, 9.17) is 9.47 Å². The number of carbonyl (C=O) groups excluding carboxylic acids is 1. The van der Waals surface area contributed by atoms with Crippen molar-refractivity contribution in [2.45, 2.75) is 24.9 Å². The van der Waals surface area contributed by atoms with Crippen LogP contribution in [-0.4, -0.2) is 36.9 Å². The molecule has 2 aromatic carbocycles. The first-order valence-electron chi connectivity index (χ1n) is 8.41. The average molecular weight is 341 g/mol. The Morgan fingerprint density at radius 1 is 1.16 bits per heavy atom. The first-order valence-corrected chi connectivity index (χ1v) is 8.41. The molecule has 0 heterocycles. The zero-order valence-corrected chi connectivity index (χ0v) is 14.3. The Morgan fingerprint density at radius 3 is 2.72 bits per heavy atom. The molecule has 0 bridgehead atoms. The van der Waals surface area contributed by atoms with Gasteiger partial charge in [-0.15, -0.1) is 0 Å². The number of hydrogen-bond acceptors (Lipinski definition) is 4. The summed E-state index contributed by atoms with van der Waals surface area (Å²) in [5.41, 5.74) is 1.53. The van der Waals surface area contributed by atoms with Crippen LogP contribution in [0.2, 0.25) is 0 Å². The molecule has 5 heteroatoms. The predicted octanol–water partition coefficient (Wildman–Crippen LogP) is 2.11. The van der Waals surface area contributed by atoms with E-state index in [1.54, 1.807) is 25.3 Å². The number of rotatable bonds is 6. The zero-order chi connectivity index (χ0) is 17.7. The lowest BCUT2D eigenvalue weighted by molar-refractivity contribution is -0.124. The van der Waals surface area contributed by atoms with Crippen molar-refractivity contribution in [1.82, 2.24) is 5.32 Å². The monoisotopic (exact) mass is 341 g/mol. The van der Waals surface area contributed by atoms with Crippen molar-refractivity contribution in [3.8, 4) is 11.5 Å². The molecule has 132 valence electrons. The van der Waals surface area contributed by atoms with Gasteiger partial charge >= 0.3 is 0 Å². The van der Waals surface area contributed by atoms with Crippen LogP contribution in [-0.2, 0) is 17.6 Å². The molecule has 0 saturated heterocycles. The van der Waals surface area contributed by atoms with Crippen molar-refractivity contribution >= 4 is 5.91 Å². The van der Waals surface area contributed by atoms with Gasteiger partial charge in [0.15, 0.2) is 6.61 Å². The second-order valence-electron chi connectivity index (χ2n) is 6.41. The van der Waals surface area contributed by atoms with Crippen LogP contribution in [0.4, 0.5) is 0 Å². The maximum Gasteiger partial charge on any atom is 0.258 e. The Morgan fingerprint density at radius 2 is 1.92 bits per heavy atom. The number of amides is 1. The molecule has 5 nitrogen and oxygen atoms in total. The van der Waals surface area contributed by atoms with E-state index in [2.05, 4.69) is 11.4 Å². The van der Waals surface area contributed by atoms with E-state index in [0.717, 1.165) is 12.0 Å². The number of nitrogens with one attached hydrogen (secondary N) is 1. The highest BCUT2D eigenvalue weighted by atomic mass is 16.5. The molecule has 0 saturated carbocycles. The van der Waals surface area contributed by atoms with Crippen LogP contribution in [0.1, 0.15) is 17.5 Å².